The molecule has 2 N–H and O–H groups in total. The zero-order valence-electron chi connectivity index (χ0n) is 15.8. The molecule has 0 unspecified atom stereocenters. The Morgan fingerprint density at radius 2 is 1.92 bits per heavy atom. The molecule has 0 spiro atoms. The topological polar surface area (TPSA) is 66.0 Å². The summed E-state index contributed by atoms with van der Waals surface area (Å²) < 4.78 is 7.96. The van der Waals surface area contributed by atoms with E-state index >= 15 is 0 Å². The first-order valence-corrected chi connectivity index (χ1v) is 8.96. The fourth-order valence-corrected chi connectivity index (χ4v) is 2.97. The molecule has 5 nitrogen and oxygen atoms in total. The summed E-state index contributed by atoms with van der Waals surface area (Å²) in [7, 11) is 0. The molecule has 0 aliphatic rings. The van der Waals surface area contributed by atoms with Crippen molar-refractivity contribution in [2.45, 2.75) is 47.8 Å². The highest BCUT2D eigenvalue weighted by Gasteiger charge is 2.27. The van der Waals surface area contributed by atoms with E-state index in [2.05, 4.69) is 43.3 Å². The summed E-state index contributed by atoms with van der Waals surface area (Å²) in [6.07, 6.45) is 0. The molecule has 5 heteroatoms. The molecule has 1 aromatic carbocycles. The SMILES string of the molecule is CCOCc1nc2c(N)nc3ccccc3c2n1CC(C)(C)C(C)C. The molecule has 134 valence electrons. The Hall–Kier alpha value is -2.14. The second kappa shape index (κ2) is 6.64. The van der Waals surface area contributed by atoms with Gasteiger partial charge in [-0.15, -0.1) is 0 Å². The Kier molecular flexibility index (Phi) is 4.69. The van der Waals surface area contributed by atoms with E-state index in [1.165, 1.54) is 0 Å². The lowest BCUT2D eigenvalue weighted by molar-refractivity contribution is 0.121. The van der Waals surface area contributed by atoms with Crippen molar-refractivity contribution in [3.05, 3.63) is 30.1 Å². The predicted molar refractivity (Wildman–Crippen MR) is 103 cm³/mol. The van der Waals surface area contributed by atoms with Gasteiger partial charge in [0.2, 0.25) is 0 Å². The number of aromatic nitrogens is 3. The molecule has 0 aliphatic carbocycles. The zero-order valence-corrected chi connectivity index (χ0v) is 15.8. The van der Waals surface area contributed by atoms with Gasteiger partial charge in [0.1, 0.15) is 17.9 Å². The number of nitrogens with zero attached hydrogens (tertiary/aromatic N) is 3. The van der Waals surface area contributed by atoms with Crippen molar-refractivity contribution < 1.29 is 4.74 Å². The van der Waals surface area contributed by atoms with Gasteiger partial charge in [0.25, 0.3) is 0 Å². The van der Waals surface area contributed by atoms with E-state index in [0.29, 0.717) is 24.9 Å². The number of hydrogen-bond acceptors (Lipinski definition) is 4. The van der Waals surface area contributed by atoms with Gasteiger partial charge >= 0.3 is 0 Å². The number of nitrogen functional groups attached to an aromatic ring is 1. The average Bonchev–Trinajstić information content (AvgIpc) is 2.92. The fraction of sp³-hybridized carbons (Fsp3) is 0.500. The largest absolute Gasteiger partial charge is 0.382 e. The maximum absolute atomic E-state index is 6.23. The molecular formula is C20H28N4O. The van der Waals surface area contributed by atoms with Crippen LogP contribution >= 0.6 is 0 Å². The van der Waals surface area contributed by atoms with Crippen LogP contribution < -0.4 is 5.73 Å². The summed E-state index contributed by atoms with van der Waals surface area (Å²) in [4.78, 5) is 9.33. The van der Waals surface area contributed by atoms with Crippen molar-refractivity contribution in [1.29, 1.82) is 0 Å². The molecule has 25 heavy (non-hydrogen) atoms. The van der Waals surface area contributed by atoms with Crippen LogP contribution in [0.25, 0.3) is 21.9 Å². The first kappa shape index (κ1) is 17.7. The average molecular weight is 340 g/mol. The lowest BCUT2D eigenvalue weighted by Crippen LogP contribution is -2.26. The first-order chi connectivity index (χ1) is 11.8. The van der Waals surface area contributed by atoms with Crippen molar-refractivity contribution in [3.63, 3.8) is 0 Å². The van der Waals surface area contributed by atoms with Crippen LogP contribution in [-0.2, 0) is 17.9 Å². The highest BCUT2D eigenvalue weighted by molar-refractivity contribution is 6.06. The Morgan fingerprint density at radius 3 is 2.60 bits per heavy atom. The molecule has 0 amide bonds. The van der Waals surface area contributed by atoms with Crippen molar-refractivity contribution in [3.8, 4) is 0 Å². The number of anilines is 1. The van der Waals surface area contributed by atoms with Crippen LogP contribution in [0.1, 0.15) is 40.4 Å². The third-order valence-corrected chi connectivity index (χ3v) is 5.25. The van der Waals surface area contributed by atoms with Gasteiger partial charge < -0.3 is 15.0 Å². The van der Waals surface area contributed by atoms with Gasteiger partial charge in [-0.05, 0) is 24.3 Å². The van der Waals surface area contributed by atoms with Crippen molar-refractivity contribution in [2.75, 3.05) is 12.3 Å². The van der Waals surface area contributed by atoms with Gasteiger partial charge in [0, 0.05) is 18.5 Å². The molecule has 0 atom stereocenters. The Balaban J connectivity index is 2.29. The number of fused-ring (bicyclic) bond motifs is 3. The van der Waals surface area contributed by atoms with Gasteiger partial charge in [-0.25, -0.2) is 9.97 Å². The Bertz CT molecular complexity index is 895. The number of imidazole rings is 1. The smallest absolute Gasteiger partial charge is 0.152 e. The third kappa shape index (κ3) is 3.21. The maximum atomic E-state index is 6.23. The summed E-state index contributed by atoms with van der Waals surface area (Å²) in [5.74, 6) is 1.93. The minimum atomic E-state index is 0.119. The molecule has 0 bridgehead atoms. The molecule has 3 aromatic rings. The Morgan fingerprint density at radius 1 is 1.20 bits per heavy atom. The second-order valence-corrected chi connectivity index (χ2v) is 7.61. The van der Waals surface area contributed by atoms with Crippen LogP contribution in [0.3, 0.4) is 0 Å². The van der Waals surface area contributed by atoms with Crippen LogP contribution in [0.4, 0.5) is 5.82 Å². The third-order valence-electron chi connectivity index (χ3n) is 5.25. The van der Waals surface area contributed by atoms with E-state index in [9.17, 15) is 0 Å². The molecule has 0 radical (unpaired) electrons. The van der Waals surface area contributed by atoms with E-state index in [1.54, 1.807) is 0 Å². The monoisotopic (exact) mass is 340 g/mol. The van der Waals surface area contributed by atoms with Gasteiger partial charge in [-0.3, -0.25) is 0 Å². The molecule has 0 fully saturated rings. The van der Waals surface area contributed by atoms with Crippen molar-refractivity contribution in [1.82, 2.24) is 14.5 Å². The lowest BCUT2D eigenvalue weighted by Gasteiger charge is -2.30. The van der Waals surface area contributed by atoms with Crippen LogP contribution in [0.5, 0.6) is 0 Å². The van der Waals surface area contributed by atoms with Crippen molar-refractivity contribution in [2.24, 2.45) is 11.3 Å². The van der Waals surface area contributed by atoms with Gasteiger partial charge in [-0.1, -0.05) is 45.9 Å². The molecule has 0 saturated carbocycles. The lowest BCUT2D eigenvalue weighted by atomic mass is 9.81. The molecule has 2 heterocycles. The fourth-order valence-electron chi connectivity index (χ4n) is 2.97. The highest BCUT2D eigenvalue weighted by Crippen LogP contribution is 2.34. The molecule has 0 saturated heterocycles. The highest BCUT2D eigenvalue weighted by atomic mass is 16.5. The quantitative estimate of drug-likeness (QED) is 0.723. The summed E-state index contributed by atoms with van der Waals surface area (Å²) >= 11 is 0. The van der Waals surface area contributed by atoms with Crippen LogP contribution in [0, 0.1) is 11.3 Å². The number of para-hydroxylation sites is 1. The number of ether oxygens (including phenoxy) is 1. The summed E-state index contributed by atoms with van der Waals surface area (Å²) in [6.45, 7) is 13.1. The Labute approximate surface area is 149 Å². The van der Waals surface area contributed by atoms with Gasteiger partial charge in [-0.2, -0.15) is 0 Å². The minimum Gasteiger partial charge on any atom is -0.382 e. The molecule has 2 aromatic heterocycles. The summed E-state index contributed by atoms with van der Waals surface area (Å²) in [5, 5.41) is 1.08. The number of pyridine rings is 1. The first-order valence-electron chi connectivity index (χ1n) is 8.96. The van der Waals surface area contributed by atoms with Crippen LogP contribution in [0.15, 0.2) is 24.3 Å². The van der Waals surface area contributed by atoms with E-state index in [1.807, 2.05) is 25.1 Å². The van der Waals surface area contributed by atoms with E-state index in [-0.39, 0.29) is 5.41 Å². The number of benzene rings is 1. The van der Waals surface area contributed by atoms with E-state index < -0.39 is 0 Å². The second-order valence-electron chi connectivity index (χ2n) is 7.61. The summed E-state index contributed by atoms with van der Waals surface area (Å²) in [5.41, 5.74) is 9.08. The van der Waals surface area contributed by atoms with Crippen LogP contribution in [0.2, 0.25) is 0 Å². The van der Waals surface area contributed by atoms with Gasteiger partial charge in [0.15, 0.2) is 5.82 Å². The predicted octanol–water partition coefficient (Wildman–Crippen LogP) is 4.39. The minimum absolute atomic E-state index is 0.119. The number of nitrogens with two attached hydrogens (primary N) is 1. The normalized spacial score (nSPS) is 12.6. The maximum Gasteiger partial charge on any atom is 0.152 e. The molecular weight excluding hydrogens is 312 g/mol. The summed E-state index contributed by atoms with van der Waals surface area (Å²) in [6, 6.07) is 8.11. The van der Waals surface area contributed by atoms with E-state index in [4.69, 9.17) is 15.5 Å². The van der Waals surface area contributed by atoms with Crippen molar-refractivity contribution >= 4 is 27.8 Å². The number of hydrogen-bond donors (Lipinski definition) is 1. The zero-order chi connectivity index (χ0) is 18.2. The standard InChI is InChI=1S/C20H28N4O/c1-6-25-11-16-23-17-18(24(16)12-20(4,5)13(2)3)14-9-7-8-10-15(14)22-19(17)21/h7-10,13H,6,11-12H2,1-5H3,(H2,21,22). The van der Waals surface area contributed by atoms with Gasteiger partial charge in [0.05, 0.1) is 11.0 Å². The van der Waals surface area contributed by atoms with E-state index in [0.717, 1.165) is 34.3 Å². The number of rotatable bonds is 6. The van der Waals surface area contributed by atoms with Crippen LogP contribution in [-0.4, -0.2) is 21.1 Å². The molecule has 3 rings (SSSR count). The molecule has 0 aliphatic heterocycles.